The standard InChI is InChI=1S/C15H13Cl3N2S/c16-10-6-2-1-5-9(10)12-13(17)19-15(20-14(12)18)11-7-3-4-8-21-11/h1-2,5-6,11H,3-4,7-8H2. The number of aromatic nitrogens is 2. The van der Waals surface area contributed by atoms with Crippen LogP contribution in [0, 0.1) is 0 Å². The summed E-state index contributed by atoms with van der Waals surface area (Å²) >= 11 is 20.8. The van der Waals surface area contributed by atoms with Gasteiger partial charge in [-0.15, -0.1) is 0 Å². The predicted octanol–water partition coefficient (Wildman–Crippen LogP) is 6.06. The van der Waals surface area contributed by atoms with E-state index >= 15 is 0 Å². The molecule has 0 radical (unpaired) electrons. The molecule has 1 aliphatic rings. The van der Waals surface area contributed by atoms with Gasteiger partial charge in [-0.05, 0) is 24.7 Å². The van der Waals surface area contributed by atoms with Crippen LogP contribution in [0.5, 0.6) is 0 Å². The third kappa shape index (κ3) is 3.31. The maximum absolute atomic E-state index is 6.36. The van der Waals surface area contributed by atoms with Gasteiger partial charge in [-0.2, -0.15) is 11.8 Å². The molecule has 0 amide bonds. The molecule has 1 atom stereocenters. The highest BCUT2D eigenvalue weighted by Gasteiger charge is 2.22. The topological polar surface area (TPSA) is 25.8 Å². The van der Waals surface area contributed by atoms with E-state index in [2.05, 4.69) is 9.97 Å². The number of nitrogens with zero attached hydrogens (tertiary/aromatic N) is 2. The molecule has 6 heteroatoms. The smallest absolute Gasteiger partial charge is 0.144 e. The highest BCUT2D eigenvalue weighted by atomic mass is 35.5. The van der Waals surface area contributed by atoms with Crippen LogP contribution >= 0.6 is 46.6 Å². The molecule has 2 heterocycles. The number of benzene rings is 1. The highest BCUT2D eigenvalue weighted by Crippen LogP contribution is 2.41. The third-order valence-corrected chi connectivity index (χ3v) is 5.70. The highest BCUT2D eigenvalue weighted by molar-refractivity contribution is 7.99. The Balaban J connectivity index is 2.02. The van der Waals surface area contributed by atoms with Crippen molar-refractivity contribution in [2.75, 3.05) is 5.75 Å². The zero-order valence-corrected chi connectivity index (χ0v) is 14.2. The van der Waals surface area contributed by atoms with E-state index in [0.29, 0.717) is 20.9 Å². The van der Waals surface area contributed by atoms with Crippen molar-refractivity contribution < 1.29 is 0 Å². The largest absolute Gasteiger partial charge is 0.219 e. The summed E-state index contributed by atoms with van der Waals surface area (Å²) in [6.45, 7) is 0. The Hall–Kier alpha value is -0.480. The van der Waals surface area contributed by atoms with E-state index in [1.54, 1.807) is 6.07 Å². The third-order valence-electron chi connectivity index (χ3n) is 3.45. The van der Waals surface area contributed by atoms with Crippen molar-refractivity contribution in [1.29, 1.82) is 0 Å². The second kappa shape index (κ2) is 6.74. The predicted molar refractivity (Wildman–Crippen MR) is 91.5 cm³/mol. The van der Waals surface area contributed by atoms with E-state index in [1.807, 2.05) is 30.0 Å². The lowest BCUT2D eigenvalue weighted by atomic mass is 10.1. The van der Waals surface area contributed by atoms with E-state index in [9.17, 15) is 0 Å². The zero-order chi connectivity index (χ0) is 14.8. The van der Waals surface area contributed by atoms with Crippen molar-refractivity contribution in [2.24, 2.45) is 0 Å². The van der Waals surface area contributed by atoms with Crippen molar-refractivity contribution in [3.8, 4) is 11.1 Å². The van der Waals surface area contributed by atoms with Crippen LogP contribution in [0.25, 0.3) is 11.1 Å². The second-order valence-corrected chi connectivity index (χ2v) is 7.31. The molecule has 1 aromatic carbocycles. The van der Waals surface area contributed by atoms with E-state index in [1.165, 1.54) is 12.8 Å². The van der Waals surface area contributed by atoms with Gasteiger partial charge in [0, 0.05) is 10.6 Å². The Bertz CT molecular complexity index is 634. The zero-order valence-electron chi connectivity index (χ0n) is 11.2. The van der Waals surface area contributed by atoms with Crippen molar-refractivity contribution >= 4 is 46.6 Å². The molecule has 1 saturated heterocycles. The molecule has 1 aliphatic heterocycles. The fourth-order valence-electron chi connectivity index (χ4n) is 2.40. The molecule has 110 valence electrons. The molecular formula is C15H13Cl3N2S. The molecule has 0 saturated carbocycles. The summed E-state index contributed by atoms with van der Waals surface area (Å²) in [5, 5.41) is 1.60. The summed E-state index contributed by atoms with van der Waals surface area (Å²) in [5.41, 5.74) is 1.37. The first-order valence-electron chi connectivity index (χ1n) is 6.76. The van der Waals surface area contributed by atoms with Gasteiger partial charge in [0.1, 0.15) is 16.1 Å². The summed E-state index contributed by atoms with van der Waals surface area (Å²) in [5.74, 6) is 1.86. The Morgan fingerprint density at radius 1 is 1.00 bits per heavy atom. The maximum Gasteiger partial charge on any atom is 0.144 e. The second-order valence-electron chi connectivity index (χ2n) is 4.87. The maximum atomic E-state index is 6.36. The lowest BCUT2D eigenvalue weighted by molar-refractivity contribution is 0.662. The average molecular weight is 360 g/mol. The summed E-state index contributed by atoms with van der Waals surface area (Å²) in [4.78, 5) is 8.93. The van der Waals surface area contributed by atoms with Gasteiger partial charge in [-0.1, -0.05) is 59.4 Å². The van der Waals surface area contributed by atoms with Crippen LogP contribution in [0.15, 0.2) is 24.3 Å². The summed E-state index contributed by atoms with van der Waals surface area (Å²) in [6.07, 6.45) is 3.52. The Morgan fingerprint density at radius 3 is 2.33 bits per heavy atom. The van der Waals surface area contributed by atoms with Crippen LogP contribution in [0.4, 0.5) is 0 Å². The molecule has 0 N–H and O–H groups in total. The van der Waals surface area contributed by atoms with Crippen LogP contribution in [0.1, 0.15) is 30.3 Å². The lowest BCUT2D eigenvalue weighted by Gasteiger charge is -2.20. The quantitative estimate of drug-likeness (QED) is 0.609. The first kappa shape index (κ1) is 15.4. The SMILES string of the molecule is Clc1ccccc1-c1c(Cl)nc(C2CCCCS2)nc1Cl. The van der Waals surface area contributed by atoms with Crippen LogP contribution in [-0.2, 0) is 0 Å². The Morgan fingerprint density at radius 2 is 1.71 bits per heavy atom. The van der Waals surface area contributed by atoms with Crippen LogP contribution in [0.2, 0.25) is 15.3 Å². The van der Waals surface area contributed by atoms with Crippen molar-refractivity contribution in [1.82, 2.24) is 9.97 Å². The summed E-state index contributed by atoms with van der Waals surface area (Å²) < 4.78 is 0. The molecule has 0 aliphatic carbocycles. The number of hydrogen-bond acceptors (Lipinski definition) is 3. The molecular weight excluding hydrogens is 347 g/mol. The van der Waals surface area contributed by atoms with Gasteiger partial charge < -0.3 is 0 Å². The van der Waals surface area contributed by atoms with Crippen LogP contribution < -0.4 is 0 Å². The molecule has 0 spiro atoms. The van der Waals surface area contributed by atoms with Crippen molar-refractivity contribution in [2.45, 2.75) is 24.5 Å². The van der Waals surface area contributed by atoms with Crippen LogP contribution in [0.3, 0.4) is 0 Å². The van der Waals surface area contributed by atoms with Gasteiger partial charge in [0.05, 0.1) is 10.8 Å². The molecule has 0 bridgehead atoms. The van der Waals surface area contributed by atoms with Gasteiger partial charge in [-0.25, -0.2) is 9.97 Å². The normalized spacial score (nSPS) is 18.7. The number of rotatable bonds is 2. The Kier molecular flexibility index (Phi) is 4.95. The molecule has 2 nitrogen and oxygen atoms in total. The first-order chi connectivity index (χ1) is 10.2. The van der Waals surface area contributed by atoms with Gasteiger partial charge in [-0.3, -0.25) is 0 Å². The van der Waals surface area contributed by atoms with Gasteiger partial charge in [0.2, 0.25) is 0 Å². The fraction of sp³-hybridized carbons (Fsp3) is 0.333. The minimum Gasteiger partial charge on any atom is -0.219 e. The number of hydrogen-bond donors (Lipinski definition) is 0. The van der Waals surface area contributed by atoms with Gasteiger partial charge in [0.15, 0.2) is 0 Å². The van der Waals surface area contributed by atoms with E-state index in [0.717, 1.165) is 23.6 Å². The van der Waals surface area contributed by atoms with Gasteiger partial charge >= 0.3 is 0 Å². The minimum atomic E-state index is 0.286. The van der Waals surface area contributed by atoms with Crippen molar-refractivity contribution in [3.63, 3.8) is 0 Å². The lowest BCUT2D eigenvalue weighted by Crippen LogP contribution is -2.07. The average Bonchev–Trinajstić information content (AvgIpc) is 2.49. The van der Waals surface area contributed by atoms with E-state index in [-0.39, 0.29) is 5.25 Å². The summed E-state index contributed by atoms with van der Waals surface area (Å²) in [6, 6.07) is 7.42. The van der Waals surface area contributed by atoms with Crippen molar-refractivity contribution in [3.05, 3.63) is 45.4 Å². The fourth-order valence-corrected chi connectivity index (χ4v) is 4.48. The molecule has 3 rings (SSSR count). The van der Waals surface area contributed by atoms with E-state index in [4.69, 9.17) is 34.8 Å². The number of halogens is 3. The van der Waals surface area contributed by atoms with E-state index < -0.39 is 0 Å². The molecule has 1 aromatic heterocycles. The summed E-state index contributed by atoms with van der Waals surface area (Å²) in [7, 11) is 0. The first-order valence-corrected chi connectivity index (χ1v) is 8.94. The molecule has 21 heavy (non-hydrogen) atoms. The van der Waals surface area contributed by atoms with Gasteiger partial charge in [0.25, 0.3) is 0 Å². The molecule has 1 fully saturated rings. The molecule has 2 aromatic rings. The minimum absolute atomic E-state index is 0.286. The number of thioether (sulfide) groups is 1. The Labute approximate surface area is 143 Å². The van der Waals surface area contributed by atoms with Crippen LogP contribution in [-0.4, -0.2) is 15.7 Å². The molecule has 1 unspecified atom stereocenters. The monoisotopic (exact) mass is 358 g/mol.